The van der Waals surface area contributed by atoms with Gasteiger partial charge in [0.15, 0.2) is 0 Å². The van der Waals surface area contributed by atoms with Gasteiger partial charge in [-0.3, -0.25) is 4.79 Å². The van der Waals surface area contributed by atoms with Crippen molar-refractivity contribution in [3.63, 3.8) is 0 Å². The fourth-order valence-electron chi connectivity index (χ4n) is 2.74. The lowest BCUT2D eigenvalue weighted by Gasteiger charge is -2.14. The average molecular weight is 341 g/mol. The Morgan fingerprint density at radius 3 is 2.88 bits per heavy atom. The number of imidazole rings is 1. The quantitative estimate of drug-likeness (QED) is 0.703. The van der Waals surface area contributed by atoms with Crippen molar-refractivity contribution in [3.05, 3.63) is 52.5 Å². The molecule has 1 atom stereocenters. The van der Waals surface area contributed by atoms with Crippen LogP contribution >= 0.6 is 11.3 Å². The largest absolute Gasteiger partial charge is 0.351 e. The molecule has 0 aliphatic rings. The van der Waals surface area contributed by atoms with Gasteiger partial charge in [-0.15, -0.1) is 11.3 Å². The van der Waals surface area contributed by atoms with Crippen LogP contribution in [0.1, 0.15) is 35.8 Å². The zero-order valence-electron chi connectivity index (χ0n) is 14.2. The van der Waals surface area contributed by atoms with E-state index in [1.807, 2.05) is 23.6 Å². The van der Waals surface area contributed by atoms with E-state index in [1.165, 1.54) is 16.9 Å². The Morgan fingerprint density at radius 2 is 2.12 bits per heavy atom. The molecule has 0 spiro atoms. The number of aromatic nitrogens is 2. The first-order valence-electron chi connectivity index (χ1n) is 8.45. The van der Waals surface area contributed by atoms with Gasteiger partial charge in [-0.1, -0.05) is 38.5 Å². The number of para-hydroxylation sites is 2. The molecule has 0 bridgehead atoms. The molecule has 1 unspecified atom stereocenters. The first kappa shape index (κ1) is 16.7. The number of nitrogens with one attached hydrogen (secondary N) is 1. The minimum absolute atomic E-state index is 0.00501. The van der Waals surface area contributed by atoms with Gasteiger partial charge in [0.05, 0.1) is 15.9 Å². The van der Waals surface area contributed by atoms with Crippen LogP contribution in [0.2, 0.25) is 0 Å². The van der Waals surface area contributed by atoms with Crippen LogP contribution in [-0.4, -0.2) is 22.0 Å². The normalized spacial score (nSPS) is 12.4. The van der Waals surface area contributed by atoms with Crippen molar-refractivity contribution in [1.82, 2.24) is 14.9 Å². The van der Waals surface area contributed by atoms with Gasteiger partial charge in [-0.05, 0) is 29.5 Å². The van der Waals surface area contributed by atoms with Crippen molar-refractivity contribution < 1.29 is 4.79 Å². The van der Waals surface area contributed by atoms with E-state index in [0.717, 1.165) is 35.6 Å². The molecule has 126 valence electrons. The van der Waals surface area contributed by atoms with Gasteiger partial charge >= 0.3 is 0 Å². The molecule has 3 rings (SSSR count). The first-order valence-corrected chi connectivity index (χ1v) is 9.33. The van der Waals surface area contributed by atoms with E-state index in [-0.39, 0.29) is 5.91 Å². The van der Waals surface area contributed by atoms with E-state index in [2.05, 4.69) is 41.9 Å². The molecule has 24 heavy (non-hydrogen) atoms. The maximum absolute atomic E-state index is 12.0. The molecule has 1 aromatic carbocycles. The number of hydrogen-bond acceptors (Lipinski definition) is 3. The lowest BCUT2D eigenvalue weighted by Crippen LogP contribution is -2.26. The number of nitrogens with zero attached hydrogens (tertiary/aromatic N) is 2. The Kier molecular flexibility index (Phi) is 5.30. The van der Waals surface area contributed by atoms with E-state index in [9.17, 15) is 4.79 Å². The fraction of sp³-hybridized carbons (Fsp3) is 0.368. The average Bonchev–Trinajstić information content (AvgIpc) is 3.24. The molecule has 0 saturated carbocycles. The minimum Gasteiger partial charge on any atom is -0.351 e. The summed E-state index contributed by atoms with van der Waals surface area (Å²) in [4.78, 5) is 17.6. The summed E-state index contributed by atoms with van der Waals surface area (Å²) in [5, 5.41) is 4.91. The lowest BCUT2D eigenvalue weighted by molar-refractivity contribution is 0.0958. The summed E-state index contributed by atoms with van der Waals surface area (Å²) in [6.07, 6.45) is 1.88. The van der Waals surface area contributed by atoms with Gasteiger partial charge in [0.1, 0.15) is 5.82 Å². The molecule has 3 aromatic rings. The van der Waals surface area contributed by atoms with E-state index >= 15 is 0 Å². The van der Waals surface area contributed by atoms with Crippen LogP contribution in [-0.2, 0) is 13.0 Å². The number of amides is 1. The molecule has 0 fully saturated rings. The Morgan fingerprint density at radius 1 is 1.29 bits per heavy atom. The number of fused-ring (bicyclic) bond motifs is 1. The van der Waals surface area contributed by atoms with Gasteiger partial charge in [0, 0.05) is 19.5 Å². The standard InChI is InChI=1S/C19H23N3OS/c1-3-14(2)13-22-16-8-5-4-7-15(16)21-18(22)10-11-20-19(23)17-9-6-12-24-17/h4-9,12,14H,3,10-11,13H2,1-2H3,(H,20,23). The Hall–Kier alpha value is -2.14. The third-order valence-electron chi connectivity index (χ3n) is 4.30. The molecule has 0 radical (unpaired) electrons. The molecule has 2 heterocycles. The first-order chi connectivity index (χ1) is 11.7. The van der Waals surface area contributed by atoms with E-state index in [0.29, 0.717) is 12.5 Å². The number of hydrogen-bond donors (Lipinski definition) is 1. The lowest BCUT2D eigenvalue weighted by atomic mass is 10.1. The number of carbonyl (C=O) groups is 1. The summed E-state index contributed by atoms with van der Waals surface area (Å²) in [5.74, 6) is 1.64. The second kappa shape index (κ2) is 7.62. The van der Waals surface area contributed by atoms with Crippen molar-refractivity contribution in [2.75, 3.05) is 6.54 Å². The molecular formula is C19H23N3OS. The Bertz CT molecular complexity index is 807. The summed E-state index contributed by atoms with van der Waals surface area (Å²) in [5.41, 5.74) is 2.21. The Balaban J connectivity index is 1.73. The predicted octanol–water partition coefficient (Wildman–Crippen LogP) is 4.12. The highest BCUT2D eigenvalue weighted by molar-refractivity contribution is 7.12. The van der Waals surface area contributed by atoms with Crippen LogP contribution < -0.4 is 5.32 Å². The van der Waals surface area contributed by atoms with Crippen LogP contribution in [0.3, 0.4) is 0 Å². The van der Waals surface area contributed by atoms with Crippen molar-refractivity contribution in [2.45, 2.75) is 33.2 Å². The SMILES string of the molecule is CCC(C)Cn1c(CCNC(=O)c2cccs2)nc2ccccc21. The molecule has 4 nitrogen and oxygen atoms in total. The maximum Gasteiger partial charge on any atom is 0.261 e. The predicted molar refractivity (Wildman–Crippen MR) is 99.5 cm³/mol. The number of thiophene rings is 1. The van der Waals surface area contributed by atoms with Gasteiger partial charge in [-0.2, -0.15) is 0 Å². The zero-order valence-corrected chi connectivity index (χ0v) is 15.0. The second-order valence-corrected chi connectivity index (χ2v) is 7.07. The molecule has 5 heteroatoms. The molecule has 0 aliphatic carbocycles. The summed E-state index contributed by atoms with van der Waals surface area (Å²) < 4.78 is 2.31. The number of rotatable bonds is 7. The molecule has 0 aliphatic heterocycles. The van der Waals surface area contributed by atoms with E-state index in [4.69, 9.17) is 4.98 Å². The monoisotopic (exact) mass is 341 g/mol. The number of carbonyl (C=O) groups excluding carboxylic acids is 1. The van der Waals surface area contributed by atoms with Crippen LogP contribution in [0.25, 0.3) is 11.0 Å². The third kappa shape index (κ3) is 3.67. The summed E-state index contributed by atoms with van der Waals surface area (Å²) in [6.45, 7) is 6.04. The van der Waals surface area contributed by atoms with Gasteiger partial charge in [-0.25, -0.2) is 4.98 Å². The van der Waals surface area contributed by atoms with Crippen LogP contribution in [0.15, 0.2) is 41.8 Å². The molecule has 0 saturated heterocycles. The van der Waals surface area contributed by atoms with Crippen LogP contribution in [0, 0.1) is 5.92 Å². The highest BCUT2D eigenvalue weighted by Crippen LogP contribution is 2.19. The summed E-state index contributed by atoms with van der Waals surface area (Å²) in [7, 11) is 0. The fourth-order valence-corrected chi connectivity index (χ4v) is 3.38. The smallest absolute Gasteiger partial charge is 0.261 e. The van der Waals surface area contributed by atoms with E-state index < -0.39 is 0 Å². The van der Waals surface area contributed by atoms with Crippen LogP contribution in [0.5, 0.6) is 0 Å². The summed E-state index contributed by atoms with van der Waals surface area (Å²) in [6, 6.07) is 12.0. The molecular weight excluding hydrogens is 318 g/mol. The van der Waals surface area contributed by atoms with Gasteiger partial charge < -0.3 is 9.88 Å². The Labute approximate surface area is 146 Å². The van der Waals surface area contributed by atoms with Crippen molar-refractivity contribution >= 4 is 28.3 Å². The van der Waals surface area contributed by atoms with Crippen LogP contribution in [0.4, 0.5) is 0 Å². The number of benzene rings is 1. The molecule has 2 aromatic heterocycles. The molecule has 1 amide bonds. The summed E-state index contributed by atoms with van der Waals surface area (Å²) >= 11 is 1.46. The topological polar surface area (TPSA) is 46.9 Å². The van der Waals surface area contributed by atoms with Gasteiger partial charge in [0.2, 0.25) is 0 Å². The minimum atomic E-state index is -0.00501. The van der Waals surface area contributed by atoms with Gasteiger partial charge in [0.25, 0.3) is 5.91 Å². The van der Waals surface area contributed by atoms with Crippen molar-refractivity contribution in [2.24, 2.45) is 5.92 Å². The third-order valence-corrected chi connectivity index (χ3v) is 5.17. The maximum atomic E-state index is 12.0. The highest BCUT2D eigenvalue weighted by atomic mass is 32.1. The van der Waals surface area contributed by atoms with Crippen molar-refractivity contribution in [1.29, 1.82) is 0 Å². The van der Waals surface area contributed by atoms with Crippen molar-refractivity contribution in [3.8, 4) is 0 Å². The second-order valence-electron chi connectivity index (χ2n) is 6.12. The molecule has 1 N–H and O–H groups in total. The zero-order chi connectivity index (χ0) is 16.9. The van der Waals surface area contributed by atoms with E-state index in [1.54, 1.807) is 0 Å². The highest BCUT2D eigenvalue weighted by Gasteiger charge is 2.13.